The molecule has 1 aliphatic carbocycles. The maximum atomic E-state index is 5.14. The Labute approximate surface area is 90.4 Å². The SMILES string of the molecule is Cc1cc(C2C3CN(C(C)C)CC32)no1. The van der Waals surface area contributed by atoms with Crippen molar-refractivity contribution in [1.82, 2.24) is 10.1 Å². The van der Waals surface area contributed by atoms with Crippen molar-refractivity contribution >= 4 is 0 Å². The highest BCUT2D eigenvalue weighted by Gasteiger charge is 2.57. The summed E-state index contributed by atoms with van der Waals surface area (Å²) >= 11 is 0. The Morgan fingerprint density at radius 3 is 2.53 bits per heavy atom. The van der Waals surface area contributed by atoms with Crippen LogP contribution in [0.3, 0.4) is 0 Å². The van der Waals surface area contributed by atoms with Gasteiger partial charge in [-0.3, -0.25) is 0 Å². The lowest BCUT2D eigenvalue weighted by atomic mass is 10.1. The van der Waals surface area contributed by atoms with Crippen LogP contribution in [-0.4, -0.2) is 29.2 Å². The van der Waals surface area contributed by atoms with Gasteiger partial charge in [0.15, 0.2) is 0 Å². The van der Waals surface area contributed by atoms with E-state index in [1.807, 2.05) is 6.92 Å². The largest absolute Gasteiger partial charge is 0.361 e. The van der Waals surface area contributed by atoms with Crippen molar-refractivity contribution in [1.29, 1.82) is 0 Å². The second-order valence-electron chi connectivity index (χ2n) is 5.26. The minimum atomic E-state index is 0.692. The first-order chi connectivity index (χ1) is 7.16. The quantitative estimate of drug-likeness (QED) is 0.741. The summed E-state index contributed by atoms with van der Waals surface area (Å²) in [6.07, 6.45) is 0. The van der Waals surface area contributed by atoms with Gasteiger partial charge in [-0.15, -0.1) is 0 Å². The molecule has 0 aromatic carbocycles. The number of hydrogen-bond donors (Lipinski definition) is 0. The van der Waals surface area contributed by atoms with Gasteiger partial charge in [0.1, 0.15) is 5.76 Å². The predicted molar refractivity (Wildman–Crippen MR) is 57.7 cm³/mol. The molecule has 0 bridgehead atoms. The molecule has 0 N–H and O–H groups in total. The highest BCUT2D eigenvalue weighted by molar-refractivity contribution is 5.24. The maximum Gasteiger partial charge on any atom is 0.133 e. The average molecular weight is 206 g/mol. The minimum absolute atomic E-state index is 0.692. The number of likely N-dealkylation sites (tertiary alicyclic amines) is 1. The number of hydrogen-bond acceptors (Lipinski definition) is 3. The number of fused-ring (bicyclic) bond motifs is 1. The van der Waals surface area contributed by atoms with E-state index < -0.39 is 0 Å². The fraction of sp³-hybridized carbons (Fsp3) is 0.750. The third kappa shape index (κ3) is 1.41. The lowest BCUT2D eigenvalue weighted by Crippen LogP contribution is -2.30. The highest BCUT2D eigenvalue weighted by atomic mass is 16.5. The highest BCUT2D eigenvalue weighted by Crippen LogP contribution is 2.58. The second kappa shape index (κ2) is 3.08. The minimum Gasteiger partial charge on any atom is -0.361 e. The molecule has 2 fully saturated rings. The van der Waals surface area contributed by atoms with E-state index in [2.05, 4.69) is 30.0 Å². The average Bonchev–Trinajstić information content (AvgIpc) is 2.62. The van der Waals surface area contributed by atoms with Gasteiger partial charge < -0.3 is 9.42 Å². The van der Waals surface area contributed by atoms with Crippen molar-refractivity contribution in [2.75, 3.05) is 13.1 Å². The lowest BCUT2D eigenvalue weighted by molar-refractivity contribution is 0.241. The monoisotopic (exact) mass is 206 g/mol. The molecule has 2 aliphatic rings. The lowest BCUT2D eigenvalue weighted by Gasteiger charge is -2.22. The van der Waals surface area contributed by atoms with Gasteiger partial charge >= 0.3 is 0 Å². The number of aryl methyl sites for hydroxylation is 1. The van der Waals surface area contributed by atoms with Crippen molar-refractivity contribution < 1.29 is 4.52 Å². The summed E-state index contributed by atoms with van der Waals surface area (Å²) < 4.78 is 5.14. The van der Waals surface area contributed by atoms with E-state index in [1.54, 1.807) is 0 Å². The zero-order valence-electron chi connectivity index (χ0n) is 9.60. The van der Waals surface area contributed by atoms with Gasteiger partial charge in [0.05, 0.1) is 5.69 Å². The molecule has 1 aromatic heterocycles. The Morgan fingerprint density at radius 1 is 1.40 bits per heavy atom. The summed E-state index contributed by atoms with van der Waals surface area (Å²) in [7, 11) is 0. The number of aromatic nitrogens is 1. The maximum absolute atomic E-state index is 5.14. The van der Waals surface area contributed by atoms with E-state index in [1.165, 1.54) is 18.8 Å². The smallest absolute Gasteiger partial charge is 0.133 e. The van der Waals surface area contributed by atoms with E-state index >= 15 is 0 Å². The molecule has 1 saturated heterocycles. The van der Waals surface area contributed by atoms with E-state index in [0.29, 0.717) is 12.0 Å². The fourth-order valence-electron chi connectivity index (χ4n) is 2.96. The molecule has 0 spiro atoms. The molecule has 2 heterocycles. The van der Waals surface area contributed by atoms with Crippen molar-refractivity contribution in [3.05, 3.63) is 17.5 Å². The molecule has 3 heteroatoms. The van der Waals surface area contributed by atoms with Gasteiger partial charge in [0.2, 0.25) is 0 Å². The molecular weight excluding hydrogens is 188 g/mol. The summed E-state index contributed by atoms with van der Waals surface area (Å²) in [5, 5.41) is 4.14. The van der Waals surface area contributed by atoms with Crippen molar-refractivity contribution in [3.63, 3.8) is 0 Å². The van der Waals surface area contributed by atoms with Crippen LogP contribution < -0.4 is 0 Å². The summed E-state index contributed by atoms with van der Waals surface area (Å²) in [5.41, 5.74) is 1.19. The van der Waals surface area contributed by atoms with Crippen LogP contribution in [0.5, 0.6) is 0 Å². The molecule has 15 heavy (non-hydrogen) atoms. The van der Waals surface area contributed by atoms with Crippen LogP contribution in [0.4, 0.5) is 0 Å². The Morgan fingerprint density at radius 2 is 2.07 bits per heavy atom. The standard InChI is InChI=1S/C12H18N2O/c1-7(2)14-5-9-10(6-14)12(9)11-4-8(3)15-13-11/h4,7,9-10,12H,5-6H2,1-3H3. The molecule has 2 atom stereocenters. The van der Waals surface area contributed by atoms with Crippen LogP contribution in [0.2, 0.25) is 0 Å². The van der Waals surface area contributed by atoms with Gasteiger partial charge in [-0.25, -0.2) is 0 Å². The van der Waals surface area contributed by atoms with Crippen LogP contribution in [0, 0.1) is 18.8 Å². The van der Waals surface area contributed by atoms with E-state index in [-0.39, 0.29) is 0 Å². The molecule has 82 valence electrons. The van der Waals surface area contributed by atoms with Crippen LogP contribution in [-0.2, 0) is 0 Å². The Balaban J connectivity index is 1.68. The predicted octanol–water partition coefficient (Wildman–Crippen LogP) is 2.04. The summed E-state index contributed by atoms with van der Waals surface area (Å²) in [4.78, 5) is 2.57. The molecule has 1 aromatic rings. The molecule has 0 amide bonds. The number of nitrogens with zero attached hydrogens (tertiary/aromatic N) is 2. The Bertz CT molecular complexity index is 359. The number of rotatable bonds is 2. The van der Waals surface area contributed by atoms with Crippen molar-refractivity contribution in [3.8, 4) is 0 Å². The summed E-state index contributed by atoms with van der Waals surface area (Å²) in [6.45, 7) is 9.02. The number of piperidine rings is 1. The van der Waals surface area contributed by atoms with E-state index in [4.69, 9.17) is 4.52 Å². The van der Waals surface area contributed by atoms with Crippen LogP contribution >= 0.6 is 0 Å². The van der Waals surface area contributed by atoms with Gasteiger partial charge in [-0.2, -0.15) is 0 Å². The second-order valence-corrected chi connectivity index (χ2v) is 5.26. The fourth-order valence-corrected chi connectivity index (χ4v) is 2.96. The van der Waals surface area contributed by atoms with E-state index in [0.717, 1.165) is 17.6 Å². The van der Waals surface area contributed by atoms with Gasteiger partial charge in [-0.1, -0.05) is 5.16 Å². The Hall–Kier alpha value is -0.830. The Kier molecular flexibility index (Phi) is 1.93. The zero-order chi connectivity index (χ0) is 10.6. The van der Waals surface area contributed by atoms with Gasteiger partial charge in [-0.05, 0) is 32.6 Å². The topological polar surface area (TPSA) is 29.3 Å². The summed E-state index contributed by atoms with van der Waals surface area (Å²) in [6, 6.07) is 2.79. The molecular formula is C12H18N2O. The molecule has 2 unspecified atom stereocenters. The molecule has 1 saturated carbocycles. The molecule has 3 nitrogen and oxygen atoms in total. The molecule has 3 rings (SSSR count). The third-order valence-electron chi connectivity index (χ3n) is 3.94. The van der Waals surface area contributed by atoms with Crippen molar-refractivity contribution in [2.24, 2.45) is 11.8 Å². The summed E-state index contributed by atoms with van der Waals surface area (Å²) in [5.74, 6) is 3.32. The van der Waals surface area contributed by atoms with Gasteiger partial charge in [0.25, 0.3) is 0 Å². The van der Waals surface area contributed by atoms with Crippen LogP contribution in [0.1, 0.15) is 31.2 Å². The third-order valence-corrected chi connectivity index (χ3v) is 3.94. The first-order valence-electron chi connectivity index (χ1n) is 5.84. The van der Waals surface area contributed by atoms with Crippen LogP contribution in [0.15, 0.2) is 10.6 Å². The van der Waals surface area contributed by atoms with Crippen LogP contribution in [0.25, 0.3) is 0 Å². The first kappa shape index (κ1) is 9.40. The van der Waals surface area contributed by atoms with Gasteiger partial charge in [0, 0.05) is 31.1 Å². The zero-order valence-corrected chi connectivity index (χ0v) is 9.60. The normalized spacial score (nSPS) is 34.8. The van der Waals surface area contributed by atoms with Crippen molar-refractivity contribution in [2.45, 2.75) is 32.7 Å². The first-order valence-corrected chi connectivity index (χ1v) is 5.84. The molecule has 0 radical (unpaired) electrons. The van der Waals surface area contributed by atoms with E-state index in [9.17, 15) is 0 Å². The molecule has 1 aliphatic heterocycles.